The number of likely N-dealkylation sites (tertiary alicyclic amines) is 1. The maximum atomic E-state index is 12.6. The van der Waals surface area contributed by atoms with Crippen molar-refractivity contribution in [1.82, 2.24) is 14.9 Å². The van der Waals surface area contributed by atoms with E-state index in [1.165, 1.54) is 11.3 Å². The van der Waals surface area contributed by atoms with Crippen molar-refractivity contribution in [2.24, 2.45) is 5.92 Å². The standard InChI is InChI=1S/C22H32N4O4S2/c1-21(2,3)15-11-23-16(29-15)13-31-17-12-24-19(32-17)25-18(27)14-7-9-26(10-8-14)20(28)30-22(4,5)6/h11-12,14H,7-10,13H2,1-6H3,(H,24,25,27). The second kappa shape index (κ2) is 9.82. The summed E-state index contributed by atoms with van der Waals surface area (Å²) >= 11 is 3.01. The van der Waals surface area contributed by atoms with Crippen molar-refractivity contribution >= 4 is 40.2 Å². The van der Waals surface area contributed by atoms with Gasteiger partial charge in [0.2, 0.25) is 11.8 Å². The molecule has 32 heavy (non-hydrogen) atoms. The Morgan fingerprint density at radius 1 is 1.19 bits per heavy atom. The number of hydrogen-bond acceptors (Lipinski definition) is 8. The molecule has 0 aromatic carbocycles. The Morgan fingerprint density at radius 2 is 1.88 bits per heavy atom. The van der Waals surface area contributed by atoms with Crippen LogP contribution in [0.4, 0.5) is 9.93 Å². The molecule has 1 aliphatic heterocycles. The van der Waals surface area contributed by atoms with E-state index in [2.05, 4.69) is 36.1 Å². The Kier molecular flexibility index (Phi) is 7.54. The molecule has 0 bridgehead atoms. The minimum Gasteiger partial charge on any atom is -0.444 e. The number of nitrogens with one attached hydrogen (secondary N) is 1. The number of piperidine rings is 1. The van der Waals surface area contributed by atoms with Gasteiger partial charge in [-0.05, 0) is 33.6 Å². The monoisotopic (exact) mass is 480 g/mol. The second-order valence-corrected chi connectivity index (χ2v) is 12.2. The molecular weight excluding hydrogens is 448 g/mol. The Balaban J connectivity index is 1.45. The fourth-order valence-electron chi connectivity index (χ4n) is 3.10. The average molecular weight is 481 g/mol. The summed E-state index contributed by atoms with van der Waals surface area (Å²) in [4.78, 5) is 35.2. The molecule has 1 aliphatic rings. The van der Waals surface area contributed by atoms with E-state index in [9.17, 15) is 9.59 Å². The van der Waals surface area contributed by atoms with Gasteiger partial charge in [0.15, 0.2) is 5.13 Å². The van der Waals surface area contributed by atoms with Gasteiger partial charge < -0.3 is 19.4 Å². The van der Waals surface area contributed by atoms with Crippen molar-refractivity contribution in [3.05, 3.63) is 24.0 Å². The number of carbonyl (C=O) groups is 2. The molecule has 2 aromatic heterocycles. The van der Waals surface area contributed by atoms with E-state index in [0.717, 1.165) is 9.97 Å². The van der Waals surface area contributed by atoms with Crippen molar-refractivity contribution in [1.29, 1.82) is 0 Å². The van der Waals surface area contributed by atoms with Crippen molar-refractivity contribution in [2.75, 3.05) is 18.4 Å². The van der Waals surface area contributed by atoms with Crippen LogP contribution < -0.4 is 5.32 Å². The van der Waals surface area contributed by atoms with Gasteiger partial charge in [0.05, 0.1) is 22.4 Å². The van der Waals surface area contributed by atoms with E-state index >= 15 is 0 Å². The van der Waals surface area contributed by atoms with Gasteiger partial charge in [-0.25, -0.2) is 14.8 Å². The van der Waals surface area contributed by atoms with Crippen LogP contribution in [0.1, 0.15) is 66.0 Å². The molecule has 1 saturated heterocycles. The Labute approximate surface area is 197 Å². The molecule has 0 spiro atoms. The normalized spacial score (nSPS) is 15.6. The number of amides is 2. The zero-order valence-corrected chi connectivity index (χ0v) is 21.2. The number of hydrogen-bond donors (Lipinski definition) is 1. The number of carbonyl (C=O) groups excluding carboxylic acids is 2. The highest BCUT2D eigenvalue weighted by Crippen LogP contribution is 2.32. The van der Waals surface area contributed by atoms with Gasteiger partial charge in [-0.15, -0.1) is 11.8 Å². The lowest BCUT2D eigenvalue weighted by Gasteiger charge is -2.32. The highest BCUT2D eigenvalue weighted by molar-refractivity contribution is 8.00. The van der Waals surface area contributed by atoms with Crippen molar-refractivity contribution in [3.63, 3.8) is 0 Å². The maximum Gasteiger partial charge on any atom is 0.410 e. The lowest BCUT2D eigenvalue weighted by Crippen LogP contribution is -2.43. The summed E-state index contributed by atoms with van der Waals surface area (Å²) in [7, 11) is 0. The van der Waals surface area contributed by atoms with Crippen LogP contribution in [-0.4, -0.2) is 45.6 Å². The van der Waals surface area contributed by atoms with E-state index in [0.29, 0.717) is 42.7 Å². The first-order chi connectivity index (χ1) is 14.9. The summed E-state index contributed by atoms with van der Waals surface area (Å²) in [5.74, 6) is 1.95. The lowest BCUT2D eigenvalue weighted by atomic mass is 9.94. The van der Waals surface area contributed by atoms with E-state index in [-0.39, 0.29) is 23.3 Å². The Morgan fingerprint density at radius 3 is 2.47 bits per heavy atom. The van der Waals surface area contributed by atoms with Crippen LogP contribution in [0.15, 0.2) is 21.0 Å². The average Bonchev–Trinajstić information content (AvgIpc) is 3.34. The fraction of sp³-hybridized carbons (Fsp3) is 0.636. The number of nitrogens with zero attached hydrogens (tertiary/aromatic N) is 3. The topological polar surface area (TPSA) is 97.6 Å². The van der Waals surface area contributed by atoms with Crippen LogP contribution in [0.2, 0.25) is 0 Å². The number of thiazole rings is 1. The van der Waals surface area contributed by atoms with Crippen molar-refractivity contribution in [3.8, 4) is 0 Å². The van der Waals surface area contributed by atoms with Gasteiger partial charge in [0.1, 0.15) is 11.4 Å². The van der Waals surface area contributed by atoms with Gasteiger partial charge in [-0.2, -0.15) is 0 Å². The van der Waals surface area contributed by atoms with Gasteiger partial charge in [-0.1, -0.05) is 32.1 Å². The number of anilines is 1. The van der Waals surface area contributed by atoms with Crippen molar-refractivity contribution < 1.29 is 18.7 Å². The Hall–Kier alpha value is -2.07. The molecule has 0 unspecified atom stereocenters. The molecule has 1 N–H and O–H groups in total. The number of aromatic nitrogens is 2. The quantitative estimate of drug-likeness (QED) is 0.579. The van der Waals surface area contributed by atoms with Gasteiger partial charge >= 0.3 is 6.09 Å². The summed E-state index contributed by atoms with van der Waals surface area (Å²) in [5, 5.41) is 3.50. The van der Waals surface area contributed by atoms with Crippen LogP contribution >= 0.6 is 23.1 Å². The number of thioether (sulfide) groups is 1. The van der Waals surface area contributed by atoms with Gasteiger partial charge in [-0.3, -0.25) is 4.79 Å². The first-order valence-electron chi connectivity index (χ1n) is 10.7. The second-order valence-electron chi connectivity index (χ2n) is 9.87. The summed E-state index contributed by atoms with van der Waals surface area (Å²) in [6.45, 7) is 12.8. The van der Waals surface area contributed by atoms with Gasteiger partial charge in [0.25, 0.3) is 0 Å². The molecule has 2 aromatic rings. The third-order valence-corrected chi connectivity index (χ3v) is 6.95. The zero-order chi connectivity index (χ0) is 23.5. The summed E-state index contributed by atoms with van der Waals surface area (Å²) in [6, 6.07) is 0. The third kappa shape index (κ3) is 6.96. The highest BCUT2D eigenvalue weighted by Gasteiger charge is 2.30. The van der Waals surface area contributed by atoms with Crippen molar-refractivity contribution in [2.45, 2.75) is 75.4 Å². The fourth-order valence-corrected chi connectivity index (χ4v) is 4.83. The highest BCUT2D eigenvalue weighted by atomic mass is 32.2. The first kappa shape index (κ1) is 24.6. The van der Waals surface area contributed by atoms with Gasteiger partial charge in [0, 0.05) is 24.4 Å². The first-order valence-corrected chi connectivity index (χ1v) is 12.5. The lowest BCUT2D eigenvalue weighted by molar-refractivity contribution is -0.121. The predicted molar refractivity (Wildman–Crippen MR) is 126 cm³/mol. The zero-order valence-electron chi connectivity index (χ0n) is 19.6. The molecular formula is C22H32N4O4S2. The molecule has 3 heterocycles. The molecule has 1 fully saturated rings. The summed E-state index contributed by atoms with van der Waals surface area (Å²) in [6.07, 6.45) is 4.43. The van der Waals surface area contributed by atoms with Crippen LogP contribution in [0, 0.1) is 5.92 Å². The number of rotatable bonds is 5. The SMILES string of the molecule is CC(C)(C)OC(=O)N1CCC(C(=O)Nc2ncc(SCc3ncc(C(C)(C)C)o3)s2)CC1. The largest absolute Gasteiger partial charge is 0.444 e. The van der Waals surface area contributed by atoms with Crippen LogP contribution in [0.25, 0.3) is 0 Å². The molecule has 8 nitrogen and oxygen atoms in total. The number of ether oxygens (including phenoxy) is 1. The maximum absolute atomic E-state index is 12.6. The van der Waals surface area contributed by atoms with Crippen LogP contribution in [0.3, 0.4) is 0 Å². The third-order valence-electron chi connectivity index (χ3n) is 4.86. The van der Waals surface area contributed by atoms with E-state index < -0.39 is 5.60 Å². The molecule has 2 amide bonds. The molecule has 10 heteroatoms. The van der Waals surface area contributed by atoms with E-state index in [1.807, 2.05) is 20.8 Å². The van der Waals surface area contributed by atoms with Crippen LogP contribution in [-0.2, 0) is 20.7 Å². The van der Waals surface area contributed by atoms with Crippen LogP contribution in [0.5, 0.6) is 0 Å². The minimum absolute atomic E-state index is 0.0535. The summed E-state index contributed by atoms with van der Waals surface area (Å²) < 4.78 is 12.2. The molecule has 0 aliphatic carbocycles. The number of oxazole rings is 1. The predicted octanol–water partition coefficient (Wildman–Crippen LogP) is 5.31. The van der Waals surface area contributed by atoms with E-state index in [1.54, 1.807) is 29.1 Å². The smallest absolute Gasteiger partial charge is 0.410 e. The Bertz CT molecular complexity index is 934. The molecule has 0 atom stereocenters. The minimum atomic E-state index is -0.520. The molecule has 0 radical (unpaired) electrons. The molecule has 3 rings (SSSR count). The van der Waals surface area contributed by atoms with E-state index in [4.69, 9.17) is 9.15 Å². The molecule has 176 valence electrons. The molecule has 0 saturated carbocycles. The summed E-state index contributed by atoms with van der Waals surface area (Å²) in [5.41, 5.74) is -0.589.